The van der Waals surface area contributed by atoms with Crippen LogP contribution < -0.4 is 10.5 Å². The van der Waals surface area contributed by atoms with Gasteiger partial charge in [-0.15, -0.1) is 0 Å². The van der Waals surface area contributed by atoms with Gasteiger partial charge in [0.05, 0.1) is 6.61 Å². The highest BCUT2D eigenvalue weighted by molar-refractivity contribution is 9.10. The Morgan fingerprint density at radius 2 is 2.00 bits per heavy atom. The molecule has 1 aliphatic heterocycles. The minimum atomic E-state index is -0.0603. The fraction of sp³-hybridized carbons (Fsp3) is 0.250. The molecule has 20 heavy (non-hydrogen) atoms. The number of hydrogen-bond acceptors (Lipinski definition) is 2. The van der Waals surface area contributed by atoms with Crippen molar-refractivity contribution in [3.05, 3.63) is 62.6 Å². The Morgan fingerprint density at radius 3 is 2.75 bits per heavy atom. The van der Waals surface area contributed by atoms with Crippen LogP contribution in [0.2, 0.25) is 5.02 Å². The molecule has 2 aromatic carbocycles. The summed E-state index contributed by atoms with van der Waals surface area (Å²) in [4.78, 5) is 0. The second kappa shape index (κ2) is 5.76. The predicted octanol–water partition coefficient (Wildman–Crippen LogP) is 4.28. The van der Waals surface area contributed by atoms with E-state index in [0.29, 0.717) is 0 Å². The summed E-state index contributed by atoms with van der Waals surface area (Å²) in [7, 11) is 0. The van der Waals surface area contributed by atoms with Gasteiger partial charge < -0.3 is 10.5 Å². The van der Waals surface area contributed by atoms with E-state index in [2.05, 4.69) is 28.1 Å². The average molecular weight is 353 g/mol. The van der Waals surface area contributed by atoms with E-state index in [9.17, 15) is 0 Å². The van der Waals surface area contributed by atoms with Crippen LogP contribution in [0.3, 0.4) is 0 Å². The zero-order valence-electron chi connectivity index (χ0n) is 10.9. The van der Waals surface area contributed by atoms with Gasteiger partial charge in [0.1, 0.15) is 5.75 Å². The third-order valence-corrected chi connectivity index (χ3v) is 4.27. The minimum Gasteiger partial charge on any atom is -0.493 e. The van der Waals surface area contributed by atoms with E-state index in [0.717, 1.165) is 45.8 Å². The van der Waals surface area contributed by atoms with Gasteiger partial charge in [0.25, 0.3) is 0 Å². The molecule has 0 fully saturated rings. The van der Waals surface area contributed by atoms with Crippen LogP contribution in [0.1, 0.15) is 22.7 Å². The summed E-state index contributed by atoms with van der Waals surface area (Å²) in [6, 6.07) is 11.9. The average Bonchev–Trinajstić information content (AvgIpc) is 2.87. The van der Waals surface area contributed by atoms with E-state index in [-0.39, 0.29) is 6.04 Å². The van der Waals surface area contributed by atoms with Crippen molar-refractivity contribution in [2.45, 2.75) is 18.9 Å². The monoisotopic (exact) mass is 351 g/mol. The van der Waals surface area contributed by atoms with Crippen molar-refractivity contribution in [3.8, 4) is 5.75 Å². The summed E-state index contributed by atoms with van der Waals surface area (Å²) in [6.07, 6.45) is 1.72. The molecule has 2 nitrogen and oxygen atoms in total. The maximum atomic E-state index is 6.31. The number of benzene rings is 2. The van der Waals surface area contributed by atoms with Gasteiger partial charge in [-0.25, -0.2) is 0 Å². The van der Waals surface area contributed by atoms with Gasteiger partial charge in [-0.2, -0.15) is 0 Å². The minimum absolute atomic E-state index is 0.0603. The van der Waals surface area contributed by atoms with Crippen molar-refractivity contribution in [1.82, 2.24) is 0 Å². The predicted molar refractivity (Wildman–Crippen MR) is 85.4 cm³/mol. The molecule has 1 heterocycles. The molecule has 3 rings (SSSR count). The van der Waals surface area contributed by atoms with Crippen LogP contribution >= 0.6 is 27.5 Å². The molecule has 1 atom stereocenters. The van der Waals surface area contributed by atoms with Gasteiger partial charge in [0.2, 0.25) is 0 Å². The summed E-state index contributed by atoms with van der Waals surface area (Å²) < 4.78 is 6.83. The van der Waals surface area contributed by atoms with Crippen LogP contribution in [0.25, 0.3) is 0 Å². The SMILES string of the molecule is NC(Cc1cc(Br)cc2c1OCC2)c1ccc(Cl)cc1. The zero-order valence-corrected chi connectivity index (χ0v) is 13.2. The van der Waals surface area contributed by atoms with Crippen LogP contribution in [0.15, 0.2) is 40.9 Å². The van der Waals surface area contributed by atoms with Gasteiger partial charge in [-0.05, 0) is 47.4 Å². The summed E-state index contributed by atoms with van der Waals surface area (Å²) in [5.41, 5.74) is 9.81. The smallest absolute Gasteiger partial charge is 0.125 e. The topological polar surface area (TPSA) is 35.2 Å². The van der Waals surface area contributed by atoms with Crippen LogP contribution in [0.4, 0.5) is 0 Å². The summed E-state index contributed by atoms with van der Waals surface area (Å²) in [5.74, 6) is 1.01. The lowest BCUT2D eigenvalue weighted by molar-refractivity contribution is 0.352. The highest BCUT2D eigenvalue weighted by atomic mass is 79.9. The number of rotatable bonds is 3. The van der Waals surface area contributed by atoms with Gasteiger partial charge in [-0.3, -0.25) is 0 Å². The Bertz CT molecular complexity index is 627. The molecule has 2 aromatic rings. The van der Waals surface area contributed by atoms with Gasteiger partial charge >= 0.3 is 0 Å². The van der Waals surface area contributed by atoms with Crippen molar-refractivity contribution in [2.75, 3.05) is 6.61 Å². The first-order valence-electron chi connectivity index (χ1n) is 6.58. The molecule has 0 amide bonds. The molecular formula is C16H15BrClNO. The fourth-order valence-electron chi connectivity index (χ4n) is 2.56. The van der Waals surface area contributed by atoms with Crippen molar-refractivity contribution >= 4 is 27.5 Å². The molecular weight excluding hydrogens is 338 g/mol. The molecule has 4 heteroatoms. The highest BCUT2D eigenvalue weighted by Crippen LogP contribution is 2.35. The van der Waals surface area contributed by atoms with Gasteiger partial charge in [0, 0.05) is 22.0 Å². The molecule has 104 valence electrons. The molecule has 0 saturated carbocycles. The van der Waals surface area contributed by atoms with Crippen LogP contribution in [-0.2, 0) is 12.8 Å². The number of hydrogen-bond donors (Lipinski definition) is 1. The van der Waals surface area contributed by atoms with E-state index < -0.39 is 0 Å². The van der Waals surface area contributed by atoms with Gasteiger partial charge in [-0.1, -0.05) is 39.7 Å². The lowest BCUT2D eigenvalue weighted by Gasteiger charge is -2.15. The third kappa shape index (κ3) is 2.85. The summed E-state index contributed by atoms with van der Waals surface area (Å²) in [5, 5.41) is 0.729. The quantitative estimate of drug-likeness (QED) is 0.895. The molecule has 2 N–H and O–H groups in total. The lowest BCUT2D eigenvalue weighted by Crippen LogP contribution is -2.13. The molecule has 0 spiro atoms. The van der Waals surface area contributed by atoms with Crippen molar-refractivity contribution < 1.29 is 4.74 Å². The lowest BCUT2D eigenvalue weighted by atomic mass is 9.97. The van der Waals surface area contributed by atoms with E-state index in [1.165, 1.54) is 5.56 Å². The van der Waals surface area contributed by atoms with E-state index in [1.807, 2.05) is 24.3 Å². The van der Waals surface area contributed by atoms with Gasteiger partial charge in [0.15, 0.2) is 0 Å². The molecule has 0 radical (unpaired) electrons. The second-order valence-electron chi connectivity index (χ2n) is 5.01. The molecule has 0 aromatic heterocycles. The summed E-state index contributed by atoms with van der Waals surface area (Å²) >= 11 is 9.46. The summed E-state index contributed by atoms with van der Waals surface area (Å²) in [6.45, 7) is 0.759. The van der Waals surface area contributed by atoms with Crippen LogP contribution in [-0.4, -0.2) is 6.61 Å². The molecule has 1 unspecified atom stereocenters. The van der Waals surface area contributed by atoms with Crippen LogP contribution in [0, 0.1) is 0 Å². The number of halogens is 2. The highest BCUT2D eigenvalue weighted by Gasteiger charge is 2.19. The molecule has 0 saturated heterocycles. The zero-order chi connectivity index (χ0) is 14.1. The first-order chi connectivity index (χ1) is 9.63. The van der Waals surface area contributed by atoms with E-state index in [4.69, 9.17) is 22.1 Å². The van der Waals surface area contributed by atoms with E-state index in [1.54, 1.807) is 0 Å². The Kier molecular flexibility index (Phi) is 4.01. The fourth-order valence-corrected chi connectivity index (χ4v) is 3.24. The molecule has 0 aliphatic carbocycles. The van der Waals surface area contributed by atoms with Crippen molar-refractivity contribution in [1.29, 1.82) is 0 Å². The van der Waals surface area contributed by atoms with Crippen molar-refractivity contribution in [2.24, 2.45) is 5.73 Å². The normalized spacial score (nSPS) is 14.8. The first-order valence-corrected chi connectivity index (χ1v) is 7.76. The maximum absolute atomic E-state index is 6.31. The largest absolute Gasteiger partial charge is 0.493 e. The Labute approximate surface area is 132 Å². The van der Waals surface area contributed by atoms with Crippen LogP contribution in [0.5, 0.6) is 5.75 Å². The number of fused-ring (bicyclic) bond motifs is 1. The second-order valence-corrected chi connectivity index (χ2v) is 6.37. The van der Waals surface area contributed by atoms with E-state index >= 15 is 0 Å². The number of ether oxygens (including phenoxy) is 1. The standard InChI is InChI=1S/C16H15BrClNO/c17-13-7-11-5-6-20-16(11)12(8-13)9-15(19)10-1-3-14(18)4-2-10/h1-4,7-8,15H,5-6,9,19H2. The third-order valence-electron chi connectivity index (χ3n) is 3.56. The molecule has 1 aliphatic rings. The number of nitrogens with two attached hydrogens (primary N) is 1. The Balaban J connectivity index is 1.86. The first kappa shape index (κ1) is 13.9. The van der Waals surface area contributed by atoms with Crippen molar-refractivity contribution in [3.63, 3.8) is 0 Å². The molecule has 0 bridgehead atoms. The maximum Gasteiger partial charge on any atom is 0.125 e. The Morgan fingerprint density at radius 1 is 1.25 bits per heavy atom. The Hall–Kier alpha value is -1.03.